The Morgan fingerprint density at radius 3 is 1.96 bits per heavy atom. The van der Waals surface area contributed by atoms with Crippen molar-refractivity contribution in [2.75, 3.05) is 47.5 Å². The lowest BCUT2D eigenvalue weighted by atomic mass is 9.66. The van der Waals surface area contributed by atoms with Gasteiger partial charge in [-0.1, -0.05) is 60.7 Å². The van der Waals surface area contributed by atoms with E-state index in [0.717, 1.165) is 30.0 Å². The summed E-state index contributed by atoms with van der Waals surface area (Å²) in [6.45, 7) is 16.1. The summed E-state index contributed by atoms with van der Waals surface area (Å²) in [6, 6.07) is 25.1. The monoisotopic (exact) mass is 692 g/mol. The van der Waals surface area contributed by atoms with Gasteiger partial charge in [-0.25, -0.2) is 0 Å². The number of aliphatic hydroxyl groups is 1. The molecule has 2 unspecified atom stereocenters. The number of anilines is 3. The molecule has 0 aliphatic carbocycles. The number of carbonyl (C=O) groups excluding carboxylic acids is 3. The Kier molecular flexibility index (Phi) is 10.3. The Balaban J connectivity index is 1.47. The smallest absolute Gasteiger partial charge is 0.251 e. The third-order valence-corrected chi connectivity index (χ3v) is 12.9. The summed E-state index contributed by atoms with van der Waals surface area (Å²) in [7, 11) is 0. The molecule has 1 N–H and O–H groups in total. The summed E-state index contributed by atoms with van der Waals surface area (Å²) >= 11 is 1.63. The van der Waals surface area contributed by atoms with Crippen LogP contribution in [0.25, 0.3) is 0 Å². The normalized spacial score (nSPS) is 25.6. The number of likely N-dealkylation sites (tertiary alicyclic amines) is 1. The molecule has 50 heavy (non-hydrogen) atoms. The van der Waals surface area contributed by atoms with Crippen LogP contribution in [0, 0.1) is 11.8 Å². The maximum Gasteiger partial charge on any atom is 0.251 e. The van der Waals surface area contributed by atoms with Crippen LogP contribution in [0.3, 0.4) is 0 Å². The highest BCUT2D eigenvalue weighted by Crippen LogP contribution is 2.72. The average molecular weight is 693 g/mol. The number of amides is 3. The van der Waals surface area contributed by atoms with Crippen LogP contribution in [-0.2, 0) is 14.4 Å². The van der Waals surface area contributed by atoms with E-state index < -0.39 is 33.4 Å². The standard InChI is InChI=1S/C41H48N4O4S/c1-6-26-43(31-18-14-11-15-19-31)37(47)34-35-38(48)45(33(28-46)29-16-12-10-13-17-29)36(41(35)25-24-40(34,5)50-41)39(49)44(27-7-2)32-22-20-30(21-23-32)42(8-3)9-4/h6-7,10-23,33-36,46H,1-2,8-9,24-28H2,3-5H3/t33-,34+,35+,36?,40-,41?/m1/s1. The minimum Gasteiger partial charge on any atom is -0.394 e. The average Bonchev–Trinajstić information content (AvgIpc) is 3.71. The zero-order chi connectivity index (χ0) is 35.6. The quantitative estimate of drug-likeness (QED) is 0.195. The molecule has 3 aromatic rings. The molecule has 3 amide bonds. The molecule has 9 heteroatoms. The van der Waals surface area contributed by atoms with E-state index in [2.05, 4.69) is 38.8 Å². The zero-order valence-electron chi connectivity index (χ0n) is 29.3. The van der Waals surface area contributed by atoms with Gasteiger partial charge in [0.15, 0.2) is 0 Å². The molecule has 0 radical (unpaired) electrons. The lowest BCUT2D eigenvalue weighted by Crippen LogP contribution is -2.56. The fourth-order valence-corrected chi connectivity index (χ4v) is 11.0. The lowest BCUT2D eigenvalue weighted by Gasteiger charge is -2.40. The molecule has 2 bridgehead atoms. The zero-order valence-corrected chi connectivity index (χ0v) is 30.1. The van der Waals surface area contributed by atoms with Gasteiger partial charge in [0.05, 0.1) is 29.2 Å². The van der Waals surface area contributed by atoms with Crippen LogP contribution in [0.4, 0.5) is 17.1 Å². The molecule has 3 fully saturated rings. The number of nitrogens with zero attached hydrogens (tertiary/aromatic N) is 4. The second kappa shape index (κ2) is 14.5. The topological polar surface area (TPSA) is 84.4 Å². The number of aliphatic hydroxyl groups excluding tert-OH is 1. The van der Waals surface area contributed by atoms with Crippen molar-refractivity contribution in [3.8, 4) is 0 Å². The van der Waals surface area contributed by atoms with Crippen molar-refractivity contribution < 1.29 is 19.5 Å². The van der Waals surface area contributed by atoms with Crippen LogP contribution in [0.1, 0.15) is 45.2 Å². The van der Waals surface area contributed by atoms with Crippen molar-refractivity contribution in [2.45, 2.75) is 55.2 Å². The van der Waals surface area contributed by atoms with Gasteiger partial charge in [0.2, 0.25) is 11.8 Å². The van der Waals surface area contributed by atoms with Crippen LogP contribution in [0.15, 0.2) is 110 Å². The number of para-hydroxylation sites is 1. The Morgan fingerprint density at radius 1 is 0.860 bits per heavy atom. The molecule has 1 spiro atoms. The summed E-state index contributed by atoms with van der Waals surface area (Å²) < 4.78 is -1.44. The second-order valence-corrected chi connectivity index (χ2v) is 15.5. The molecule has 8 nitrogen and oxygen atoms in total. The van der Waals surface area contributed by atoms with Crippen molar-refractivity contribution in [3.05, 3.63) is 116 Å². The van der Waals surface area contributed by atoms with Gasteiger partial charge >= 0.3 is 0 Å². The van der Waals surface area contributed by atoms with Crippen LogP contribution >= 0.6 is 11.8 Å². The number of rotatable bonds is 14. The molecule has 0 aromatic heterocycles. The fraction of sp³-hybridized carbons (Fsp3) is 0.390. The Labute approximate surface area is 300 Å². The molecule has 3 aliphatic rings. The molecule has 3 aromatic carbocycles. The second-order valence-electron chi connectivity index (χ2n) is 13.6. The molecule has 3 saturated heterocycles. The summed E-state index contributed by atoms with van der Waals surface area (Å²) in [5, 5.41) is 11.0. The molecule has 262 valence electrons. The largest absolute Gasteiger partial charge is 0.394 e. The minimum absolute atomic E-state index is 0.144. The van der Waals surface area contributed by atoms with Crippen molar-refractivity contribution in [1.29, 1.82) is 0 Å². The minimum atomic E-state index is -0.922. The van der Waals surface area contributed by atoms with Crippen molar-refractivity contribution in [3.63, 3.8) is 0 Å². The van der Waals surface area contributed by atoms with Crippen LogP contribution in [0.2, 0.25) is 0 Å². The van der Waals surface area contributed by atoms with Gasteiger partial charge in [0.1, 0.15) is 6.04 Å². The molecule has 6 atom stereocenters. The van der Waals surface area contributed by atoms with E-state index in [1.54, 1.807) is 38.6 Å². The van der Waals surface area contributed by atoms with Crippen LogP contribution in [-0.4, -0.2) is 76.0 Å². The van der Waals surface area contributed by atoms with Gasteiger partial charge in [0.25, 0.3) is 5.91 Å². The van der Waals surface area contributed by atoms with E-state index in [4.69, 9.17) is 0 Å². The predicted octanol–water partition coefficient (Wildman–Crippen LogP) is 6.49. The number of hydrogen-bond acceptors (Lipinski definition) is 6. The summed E-state index contributed by atoms with van der Waals surface area (Å²) in [4.78, 5) is 52.6. The highest BCUT2D eigenvalue weighted by atomic mass is 32.2. The first-order valence-electron chi connectivity index (χ1n) is 17.6. The SMILES string of the molecule is C=CCN(C(=O)C1N([C@H](CO)c2ccccc2)C(=O)[C@@H]2[C@@H](C(=O)N(CC=C)c3ccccc3)[C@@]3(C)CCC12S3)c1ccc(N(CC)CC)cc1. The van der Waals surface area contributed by atoms with Crippen molar-refractivity contribution in [2.24, 2.45) is 11.8 Å². The van der Waals surface area contributed by atoms with Crippen molar-refractivity contribution >= 4 is 46.5 Å². The van der Waals surface area contributed by atoms with Crippen molar-refractivity contribution in [1.82, 2.24) is 4.90 Å². The maximum atomic E-state index is 15.3. The van der Waals surface area contributed by atoms with Crippen LogP contribution < -0.4 is 14.7 Å². The number of hydrogen-bond donors (Lipinski definition) is 1. The Hall–Kier alpha value is -4.34. The van der Waals surface area contributed by atoms with E-state index in [1.807, 2.05) is 84.9 Å². The first kappa shape index (κ1) is 35.5. The number of carbonyl (C=O) groups is 3. The first-order chi connectivity index (χ1) is 24.2. The van der Waals surface area contributed by atoms with E-state index in [1.165, 1.54) is 0 Å². The molecule has 6 rings (SSSR count). The summed E-state index contributed by atoms with van der Waals surface area (Å²) in [5.74, 6) is -2.07. The Morgan fingerprint density at radius 2 is 1.40 bits per heavy atom. The van der Waals surface area contributed by atoms with E-state index in [-0.39, 0.29) is 30.9 Å². The van der Waals surface area contributed by atoms with Gasteiger partial charge in [-0.3, -0.25) is 14.4 Å². The van der Waals surface area contributed by atoms with Gasteiger partial charge < -0.3 is 24.7 Å². The lowest BCUT2D eigenvalue weighted by molar-refractivity contribution is -0.142. The Bertz CT molecular complexity index is 1720. The molecule has 3 heterocycles. The summed E-state index contributed by atoms with van der Waals surface area (Å²) in [5.41, 5.74) is 3.24. The third kappa shape index (κ3) is 5.84. The van der Waals surface area contributed by atoms with E-state index in [0.29, 0.717) is 25.1 Å². The number of fused-ring (bicyclic) bond motifs is 1. The highest BCUT2D eigenvalue weighted by Gasteiger charge is 2.78. The fourth-order valence-electron chi connectivity index (χ4n) is 8.64. The maximum absolute atomic E-state index is 15.3. The highest BCUT2D eigenvalue weighted by molar-refractivity contribution is 8.02. The van der Waals surface area contributed by atoms with Crippen LogP contribution in [0.5, 0.6) is 0 Å². The van der Waals surface area contributed by atoms with Gasteiger partial charge in [-0.15, -0.1) is 24.9 Å². The van der Waals surface area contributed by atoms with Gasteiger partial charge in [-0.05, 0) is 75.6 Å². The van der Waals surface area contributed by atoms with E-state index >= 15 is 9.59 Å². The third-order valence-electron chi connectivity index (χ3n) is 10.9. The van der Waals surface area contributed by atoms with Gasteiger partial charge in [0, 0.05) is 48.0 Å². The molecular formula is C41H48N4O4S. The molecule has 0 saturated carbocycles. The molecular weight excluding hydrogens is 645 g/mol. The van der Waals surface area contributed by atoms with E-state index in [9.17, 15) is 9.90 Å². The number of thioether (sulfide) groups is 1. The van der Waals surface area contributed by atoms with Gasteiger partial charge in [-0.2, -0.15) is 0 Å². The predicted molar refractivity (Wildman–Crippen MR) is 203 cm³/mol. The summed E-state index contributed by atoms with van der Waals surface area (Å²) in [6.07, 6.45) is 4.69. The molecule has 3 aliphatic heterocycles. The first-order valence-corrected chi connectivity index (χ1v) is 18.4. The number of benzene rings is 3.